The predicted molar refractivity (Wildman–Crippen MR) is 182 cm³/mol. The van der Waals surface area contributed by atoms with Gasteiger partial charge in [-0.1, -0.05) is 84.4 Å². The second-order valence-corrected chi connectivity index (χ2v) is 15.4. The minimum atomic E-state index is -4.09. The van der Waals surface area contributed by atoms with Gasteiger partial charge in [-0.3, -0.25) is 14.4 Å². The summed E-state index contributed by atoms with van der Waals surface area (Å²) in [4.78, 5) is 42.5. The van der Waals surface area contributed by atoms with Crippen LogP contribution in [0, 0.1) is 18.3 Å². The Kier molecular flexibility index (Phi) is 12.8. The summed E-state index contributed by atoms with van der Waals surface area (Å²) in [7, 11) is 0.842. The molecule has 0 unspecified atom stereocenters. The van der Waals surface area contributed by atoms with Crippen LogP contribution in [0.4, 0.5) is 0 Å². The van der Waals surface area contributed by atoms with Crippen LogP contribution in [0.1, 0.15) is 66.5 Å². The van der Waals surface area contributed by atoms with Crippen molar-refractivity contribution in [2.75, 3.05) is 21.2 Å². The molecule has 2 rings (SSSR count). The van der Waals surface area contributed by atoms with E-state index in [1.807, 2.05) is 79.7 Å². The van der Waals surface area contributed by atoms with Gasteiger partial charge in [0, 0.05) is 18.0 Å². The van der Waals surface area contributed by atoms with E-state index in [-0.39, 0.29) is 28.2 Å². The molecule has 3 N–H and O–H groups in total. The van der Waals surface area contributed by atoms with E-state index in [2.05, 4.69) is 15.4 Å². The van der Waals surface area contributed by atoms with E-state index < -0.39 is 44.9 Å². The topological polar surface area (TPSA) is 134 Å². The van der Waals surface area contributed by atoms with Gasteiger partial charge in [-0.05, 0) is 62.1 Å². The standard InChI is InChI=1S/C35H52N4O6S/c1-22(2)28(21-24(4)31(40)38-46(43,44)27-19-13-23(3)14-20-27)39(11)33(42)30(34(5,6)7)37-32(41)29(36-10)35(8,9)25-15-17-26(45-12)18-16-25/h13-22,28-30,36H,1-12H3,(H,37,41)(H,38,40)/b24-21+/t28-,29-,30-/m1/s1. The number of nitrogens with one attached hydrogen (secondary N) is 3. The highest BCUT2D eigenvalue weighted by Gasteiger charge is 2.41. The molecule has 46 heavy (non-hydrogen) atoms. The first-order chi connectivity index (χ1) is 21.2. The number of nitrogens with zero attached hydrogens (tertiary/aromatic N) is 1. The van der Waals surface area contributed by atoms with Crippen molar-refractivity contribution in [1.29, 1.82) is 0 Å². The van der Waals surface area contributed by atoms with E-state index in [1.165, 1.54) is 24.0 Å². The van der Waals surface area contributed by atoms with Gasteiger partial charge in [0.1, 0.15) is 11.8 Å². The molecule has 2 aromatic carbocycles. The first-order valence-electron chi connectivity index (χ1n) is 15.4. The Bertz CT molecular complexity index is 1510. The Balaban J connectivity index is 2.33. The molecule has 0 aliphatic rings. The van der Waals surface area contributed by atoms with E-state index in [1.54, 1.807) is 39.4 Å². The lowest BCUT2D eigenvalue weighted by Gasteiger charge is -2.40. The normalized spacial score (nSPS) is 14.7. The lowest BCUT2D eigenvalue weighted by molar-refractivity contribution is -0.140. The molecule has 0 heterocycles. The third-order valence-electron chi connectivity index (χ3n) is 8.32. The van der Waals surface area contributed by atoms with Gasteiger partial charge in [0.05, 0.1) is 24.1 Å². The van der Waals surface area contributed by atoms with Gasteiger partial charge in [0.2, 0.25) is 11.8 Å². The Morgan fingerprint density at radius 2 is 1.46 bits per heavy atom. The van der Waals surface area contributed by atoms with Gasteiger partial charge < -0.3 is 20.3 Å². The van der Waals surface area contributed by atoms with Crippen LogP contribution in [0.25, 0.3) is 0 Å². The van der Waals surface area contributed by atoms with E-state index in [0.29, 0.717) is 5.75 Å². The van der Waals surface area contributed by atoms with Gasteiger partial charge in [0.25, 0.3) is 15.9 Å². The Hall–Kier alpha value is -3.70. The fourth-order valence-electron chi connectivity index (χ4n) is 5.29. The number of benzene rings is 2. The lowest BCUT2D eigenvalue weighted by Crippen LogP contribution is -2.61. The van der Waals surface area contributed by atoms with Crippen molar-refractivity contribution in [3.63, 3.8) is 0 Å². The largest absolute Gasteiger partial charge is 0.497 e. The average molecular weight is 657 g/mol. The summed E-state index contributed by atoms with van der Waals surface area (Å²) in [6.45, 7) is 16.7. The molecule has 10 nitrogen and oxygen atoms in total. The van der Waals surface area contributed by atoms with E-state index in [9.17, 15) is 22.8 Å². The molecule has 0 saturated carbocycles. The molecule has 3 atom stereocenters. The molecule has 0 spiro atoms. The van der Waals surface area contributed by atoms with Crippen LogP contribution in [0.3, 0.4) is 0 Å². The molecule has 11 heteroatoms. The summed E-state index contributed by atoms with van der Waals surface area (Å²) in [5.41, 5.74) is 0.642. The van der Waals surface area contributed by atoms with Crippen molar-refractivity contribution < 1.29 is 27.5 Å². The molecule has 0 aromatic heterocycles. The van der Waals surface area contributed by atoms with Crippen molar-refractivity contribution in [3.8, 4) is 5.75 Å². The highest BCUT2D eigenvalue weighted by Crippen LogP contribution is 2.30. The van der Waals surface area contributed by atoms with Gasteiger partial charge in [-0.25, -0.2) is 13.1 Å². The smallest absolute Gasteiger partial charge is 0.264 e. The SMILES string of the molecule is CN[C@H](C(=O)N[C@H](C(=O)N(C)[C@H](/C=C(\C)C(=O)NS(=O)(=O)c1ccc(C)cc1)C(C)C)C(C)(C)C)C(C)(C)c1ccc(OC)cc1. The minimum Gasteiger partial charge on any atom is -0.497 e. The molecule has 0 radical (unpaired) electrons. The summed E-state index contributed by atoms with van der Waals surface area (Å²) in [6.07, 6.45) is 1.59. The highest BCUT2D eigenvalue weighted by molar-refractivity contribution is 7.90. The number of methoxy groups -OCH3 is 1. The number of hydrogen-bond acceptors (Lipinski definition) is 7. The van der Waals surface area contributed by atoms with Crippen molar-refractivity contribution in [2.24, 2.45) is 11.3 Å². The third kappa shape index (κ3) is 9.42. The maximum absolute atomic E-state index is 14.1. The summed E-state index contributed by atoms with van der Waals surface area (Å²) in [5, 5.41) is 6.15. The second-order valence-electron chi connectivity index (χ2n) is 13.8. The zero-order valence-electron chi connectivity index (χ0n) is 29.3. The summed E-state index contributed by atoms with van der Waals surface area (Å²) in [6, 6.07) is 11.6. The Morgan fingerprint density at radius 3 is 1.91 bits per heavy atom. The maximum Gasteiger partial charge on any atom is 0.264 e. The number of hydrogen-bond donors (Lipinski definition) is 3. The fourth-order valence-corrected chi connectivity index (χ4v) is 6.31. The van der Waals surface area contributed by atoms with Gasteiger partial charge in [-0.15, -0.1) is 0 Å². The molecular weight excluding hydrogens is 604 g/mol. The number of rotatable bonds is 13. The minimum absolute atomic E-state index is 0.0224. The van der Waals surface area contributed by atoms with Crippen LogP contribution in [-0.2, 0) is 29.8 Å². The van der Waals surface area contributed by atoms with E-state index in [0.717, 1.165) is 11.1 Å². The van der Waals surface area contributed by atoms with Crippen LogP contribution in [-0.4, -0.2) is 70.4 Å². The number of carbonyl (C=O) groups is 3. The molecule has 2 aromatic rings. The van der Waals surface area contributed by atoms with Crippen LogP contribution >= 0.6 is 0 Å². The highest BCUT2D eigenvalue weighted by atomic mass is 32.2. The third-order valence-corrected chi connectivity index (χ3v) is 9.67. The number of ether oxygens (including phenoxy) is 1. The van der Waals surface area contributed by atoms with Crippen LogP contribution < -0.4 is 20.1 Å². The average Bonchev–Trinajstić information content (AvgIpc) is 2.97. The van der Waals surface area contributed by atoms with Crippen LogP contribution in [0.5, 0.6) is 5.75 Å². The quantitative estimate of drug-likeness (QED) is 0.273. The van der Waals surface area contributed by atoms with Gasteiger partial charge in [-0.2, -0.15) is 0 Å². The second kappa shape index (κ2) is 15.3. The Morgan fingerprint density at radius 1 is 0.913 bits per heavy atom. The van der Waals surface area contributed by atoms with Crippen molar-refractivity contribution in [2.45, 2.75) is 90.7 Å². The molecular formula is C35H52N4O6S. The summed E-state index contributed by atoms with van der Waals surface area (Å²) < 4.78 is 33.0. The molecule has 0 aliphatic heterocycles. The molecule has 3 amide bonds. The fraction of sp³-hybridized carbons (Fsp3) is 0.514. The summed E-state index contributed by atoms with van der Waals surface area (Å²) >= 11 is 0. The molecule has 0 saturated heterocycles. The number of sulfonamides is 1. The molecule has 0 bridgehead atoms. The zero-order chi connectivity index (χ0) is 35.2. The molecule has 254 valence electrons. The first kappa shape index (κ1) is 38.5. The number of amides is 3. The van der Waals surface area contributed by atoms with Gasteiger partial charge >= 0.3 is 0 Å². The van der Waals surface area contributed by atoms with E-state index >= 15 is 0 Å². The van der Waals surface area contributed by atoms with Gasteiger partial charge in [0.15, 0.2) is 0 Å². The Labute approximate surface area is 275 Å². The monoisotopic (exact) mass is 656 g/mol. The zero-order valence-corrected chi connectivity index (χ0v) is 30.1. The number of likely N-dealkylation sites (N-methyl/N-ethyl adjacent to an activating group) is 2. The molecule has 0 fully saturated rings. The summed E-state index contributed by atoms with van der Waals surface area (Å²) in [5.74, 6) is -0.890. The number of carbonyl (C=O) groups excluding carboxylic acids is 3. The van der Waals surface area contributed by atoms with E-state index in [4.69, 9.17) is 4.74 Å². The van der Waals surface area contributed by atoms with Crippen molar-refractivity contribution >= 4 is 27.7 Å². The van der Waals surface area contributed by atoms with Crippen LogP contribution in [0.15, 0.2) is 65.1 Å². The molecule has 0 aliphatic carbocycles. The predicted octanol–water partition coefficient (Wildman–Crippen LogP) is 4.33. The number of aryl methyl sites for hydroxylation is 1. The van der Waals surface area contributed by atoms with Crippen LogP contribution in [0.2, 0.25) is 0 Å². The maximum atomic E-state index is 14.1. The van der Waals surface area contributed by atoms with Crippen molar-refractivity contribution in [3.05, 3.63) is 71.3 Å². The van der Waals surface area contributed by atoms with Crippen molar-refractivity contribution in [1.82, 2.24) is 20.3 Å². The first-order valence-corrected chi connectivity index (χ1v) is 16.9. The lowest BCUT2D eigenvalue weighted by atomic mass is 9.76.